The number of ether oxygens (including phenoxy) is 1. The van der Waals surface area contributed by atoms with Gasteiger partial charge in [-0.2, -0.15) is 13.2 Å². The highest BCUT2D eigenvalue weighted by Gasteiger charge is 2.35. The van der Waals surface area contributed by atoms with Crippen LogP contribution in [0.25, 0.3) is 0 Å². The highest BCUT2D eigenvalue weighted by atomic mass is 19.4. The predicted molar refractivity (Wildman–Crippen MR) is 54.8 cm³/mol. The van der Waals surface area contributed by atoms with Crippen molar-refractivity contribution in [3.8, 4) is 0 Å². The first-order valence-corrected chi connectivity index (χ1v) is 5.04. The number of allylic oxidation sites excluding steroid dienone is 1. The van der Waals surface area contributed by atoms with E-state index in [9.17, 15) is 18.0 Å². The van der Waals surface area contributed by atoms with Crippen LogP contribution in [0.3, 0.4) is 0 Å². The summed E-state index contributed by atoms with van der Waals surface area (Å²) >= 11 is 0. The van der Waals surface area contributed by atoms with E-state index in [1.165, 1.54) is 19.9 Å². The van der Waals surface area contributed by atoms with Crippen LogP contribution in [0.2, 0.25) is 0 Å². The molecule has 2 nitrogen and oxygen atoms in total. The van der Waals surface area contributed by atoms with Crippen LogP contribution in [-0.4, -0.2) is 18.8 Å². The lowest BCUT2D eigenvalue weighted by Gasteiger charge is -2.19. The van der Waals surface area contributed by atoms with Crippen LogP contribution in [0, 0.1) is 11.3 Å². The molecule has 0 aliphatic rings. The average molecular weight is 238 g/mol. The molecule has 0 rings (SSSR count). The molecule has 0 aliphatic heterocycles. The molecule has 0 aromatic heterocycles. The second kappa shape index (κ2) is 5.37. The van der Waals surface area contributed by atoms with E-state index in [-0.39, 0.29) is 6.61 Å². The van der Waals surface area contributed by atoms with Gasteiger partial charge < -0.3 is 4.74 Å². The van der Waals surface area contributed by atoms with Gasteiger partial charge in [0.2, 0.25) is 0 Å². The van der Waals surface area contributed by atoms with E-state index in [1.807, 2.05) is 0 Å². The summed E-state index contributed by atoms with van der Waals surface area (Å²) in [6, 6.07) is 0. The van der Waals surface area contributed by atoms with Crippen LogP contribution >= 0.6 is 0 Å². The molecule has 0 bridgehead atoms. The fraction of sp³-hybridized carbons (Fsp3) is 0.727. The summed E-state index contributed by atoms with van der Waals surface area (Å²) in [5.41, 5.74) is -1.03. The smallest absolute Gasteiger partial charge is 0.394 e. The minimum Gasteiger partial charge on any atom is -0.465 e. The third kappa shape index (κ3) is 4.68. The molecular formula is C11H17F3O2. The zero-order valence-electron chi connectivity index (χ0n) is 9.89. The predicted octanol–water partition coefficient (Wildman–Crippen LogP) is 3.33. The van der Waals surface area contributed by atoms with E-state index >= 15 is 0 Å². The number of alkyl halides is 3. The summed E-state index contributed by atoms with van der Waals surface area (Å²) in [5.74, 6) is -2.10. The molecule has 0 radical (unpaired) electrons. The lowest BCUT2D eigenvalue weighted by atomic mass is 9.91. The Hall–Kier alpha value is -1.00. The fourth-order valence-electron chi connectivity index (χ4n) is 0.879. The number of carbonyl (C=O) groups is 1. The molecule has 0 unspecified atom stereocenters. The minimum absolute atomic E-state index is 0.213. The van der Waals surface area contributed by atoms with Crippen LogP contribution in [0.4, 0.5) is 13.2 Å². The van der Waals surface area contributed by atoms with Crippen LogP contribution in [-0.2, 0) is 9.53 Å². The monoisotopic (exact) mass is 238 g/mol. The summed E-state index contributed by atoms with van der Waals surface area (Å²) in [4.78, 5) is 11.4. The van der Waals surface area contributed by atoms with E-state index in [4.69, 9.17) is 4.74 Å². The molecule has 94 valence electrons. The highest BCUT2D eigenvalue weighted by molar-refractivity contribution is 5.78. The third-order valence-electron chi connectivity index (χ3n) is 2.12. The van der Waals surface area contributed by atoms with Crippen LogP contribution < -0.4 is 0 Å². The standard InChI is InChI=1S/C11H17F3O2/c1-5-16-9(15)10(3,4)7-6-8(2)11(12,13)14/h6-8H,5H2,1-4H3/b7-6+/t8-/m0/s1. The third-order valence-corrected chi connectivity index (χ3v) is 2.12. The molecule has 0 heterocycles. The van der Waals surface area contributed by atoms with Gasteiger partial charge in [-0.15, -0.1) is 0 Å². The Kier molecular flexibility index (Phi) is 5.03. The molecule has 0 aromatic carbocycles. The van der Waals surface area contributed by atoms with Crippen molar-refractivity contribution in [3.05, 3.63) is 12.2 Å². The van der Waals surface area contributed by atoms with Gasteiger partial charge in [0, 0.05) is 0 Å². The Morgan fingerprint density at radius 3 is 2.25 bits per heavy atom. The van der Waals surface area contributed by atoms with Gasteiger partial charge in [-0.1, -0.05) is 19.1 Å². The van der Waals surface area contributed by atoms with Crippen LogP contribution in [0.15, 0.2) is 12.2 Å². The molecule has 0 N–H and O–H groups in total. The number of hydrogen-bond acceptors (Lipinski definition) is 2. The maximum absolute atomic E-state index is 12.2. The Balaban J connectivity index is 4.58. The van der Waals surface area contributed by atoms with Crippen molar-refractivity contribution >= 4 is 5.97 Å². The summed E-state index contributed by atoms with van der Waals surface area (Å²) in [6.07, 6.45) is -2.05. The van der Waals surface area contributed by atoms with Crippen molar-refractivity contribution in [1.82, 2.24) is 0 Å². The summed E-state index contributed by atoms with van der Waals surface area (Å²) < 4.78 is 41.4. The van der Waals surface area contributed by atoms with Gasteiger partial charge in [-0.3, -0.25) is 4.79 Å². The maximum Gasteiger partial charge on any atom is 0.394 e. The maximum atomic E-state index is 12.2. The molecule has 0 spiro atoms. The van der Waals surface area contributed by atoms with E-state index in [0.29, 0.717) is 0 Å². The number of esters is 1. The summed E-state index contributed by atoms with van der Waals surface area (Å²) in [7, 11) is 0. The molecule has 5 heteroatoms. The van der Waals surface area contributed by atoms with Crippen LogP contribution in [0.1, 0.15) is 27.7 Å². The van der Waals surface area contributed by atoms with Crippen molar-refractivity contribution in [3.63, 3.8) is 0 Å². The molecule has 0 saturated heterocycles. The Morgan fingerprint density at radius 1 is 1.38 bits per heavy atom. The normalized spacial score (nSPS) is 15.2. The first-order valence-electron chi connectivity index (χ1n) is 5.04. The fourth-order valence-corrected chi connectivity index (χ4v) is 0.879. The van der Waals surface area contributed by atoms with E-state index in [0.717, 1.165) is 13.0 Å². The molecule has 0 amide bonds. The molecule has 0 saturated carbocycles. The van der Waals surface area contributed by atoms with Gasteiger partial charge in [-0.05, 0) is 20.8 Å². The van der Waals surface area contributed by atoms with Gasteiger partial charge >= 0.3 is 12.1 Å². The second-order valence-corrected chi connectivity index (χ2v) is 4.13. The molecule has 0 aromatic rings. The van der Waals surface area contributed by atoms with Crippen molar-refractivity contribution in [1.29, 1.82) is 0 Å². The molecule has 0 aliphatic carbocycles. The molecule has 16 heavy (non-hydrogen) atoms. The number of rotatable bonds is 4. The quantitative estimate of drug-likeness (QED) is 0.554. The molecular weight excluding hydrogens is 221 g/mol. The van der Waals surface area contributed by atoms with E-state index in [2.05, 4.69) is 0 Å². The lowest BCUT2D eigenvalue weighted by molar-refractivity contribution is -0.157. The summed E-state index contributed by atoms with van der Waals surface area (Å²) in [6.45, 7) is 5.94. The number of hydrogen-bond donors (Lipinski definition) is 0. The van der Waals surface area contributed by atoms with Gasteiger partial charge in [-0.25, -0.2) is 0 Å². The van der Waals surface area contributed by atoms with Gasteiger partial charge in [0.05, 0.1) is 17.9 Å². The first kappa shape index (κ1) is 15.0. The molecule has 0 fully saturated rings. The van der Waals surface area contributed by atoms with Gasteiger partial charge in [0.15, 0.2) is 0 Å². The Bertz CT molecular complexity index is 267. The zero-order chi connectivity index (χ0) is 13.0. The SMILES string of the molecule is CCOC(=O)C(C)(C)/C=C/[C@H](C)C(F)(F)F. The topological polar surface area (TPSA) is 26.3 Å². The highest BCUT2D eigenvalue weighted by Crippen LogP contribution is 2.29. The van der Waals surface area contributed by atoms with Crippen molar-refractivity contribution in [2.75, 3.05) is 6.61 Å². The second-order valence-electron chi connectivity index (χ2n) is 4.13. The Morgan fingerprint density at radius 2 is 1.88 bits per heavy atom. The number of carbonyl (C=O) groups excluding carboxylic acids is 1. The van der Waals surface area contributed by atoms with Crippen LogP contribution in [0.5, 0.6) is 0 Å². The average Bonchev–Trinajstić information content (AvgIpc) is 2.13. The van der Waals surface area contributed by atoms with Crippen molar-refractivity contribution in [2.45, 2.75) is 33.9 Å². The first-order chi connectivity index (χ1) is 7.11. The van der Waals surface area contributed by atoms with Gasteiger partial charge in [0.1, 0.15) is 0 Å². The molecule has 1 atom stereocenters. The van der Waals surface area contributed by atoms with E-state index < -0.39 is 23.5 Å². The van der Waals surface area contributed by atoms with Crippen molar-refractivity contribution in [2.24, 2.45) is 11.3 Å². The minimum atomic E-state index is -4.28. The number of halogens is 3. The zero-order valence-corrected chi connectivity index (χ0v) is 9.89. The largest absolute Gasteiger partial charge is 0.465 e. The Labute approximate surface area is 93.5 Å². The summed E-state index contributed by atoms with van der Waals surface area (Å²) in [5, 5.41) is 0. The van der Waals surface area contributed by atoms with Crippen molar-refractivity contribution < 1.29 is 22.7 Å². The lowest BCUT2D eigenvalue weighted by Crippen LogP contribution is -2.25. The van der Waals surface area contributed by atoms with Gasteiger partial charge in [0.25, 0.3) is 0 Å². The van der Waals surface area contributed by atoms with E-state index in [1.54, 1.807) is 6.92 Å².